The molecule has 2 rings (SSSR count). The lowest BCUT2D eigenvalue weighted by molar-refractivity contribution is -0.114. The van der Waals surface area contributed by atoms with E-state index in [9.17, 15) is 13.6 Å². The highest BCUT2D eigenvalue weighted by molar-refractivity contribution is 5.88. The third-order valence-corrected chi connectivity index (χ3v) is 2.55. The van der Waals surface area contributed by atoms with E-state index in [0.29, 0.717) is 11.3 Å². The maximum atomic E-state index is 13.6. The van der Waals surface area contributed by atoms with Crippen LogP contribution in [0.5, 0.6) is 5.75 Å². The van der Waals surface area contributed by atoms with Gasteiger partial charge in [-0.3, -0.25) is 4.79 Å². The van der Waals surface area contributed by atoms with Gasteiger partial charge in [-0.25, -0.2) is 8.78 Å². The Bertz CT molecular complexity index is 629. The minimum absolute atomic E-state index is 0.0932. The van der Waals surface area contributed by atoms with Crippen molar-refractivity contribution in [1.82, 2.24) is 0 Å². The quantitative estimate of drug-likeness (QED) is 0.928. The molecule has 0 unspecified atom stereocenters. The molecule has 0 heterocycles. The first kappa shape index (κ1) is 14.0. The predicted octanol–water partition coefficient (Wildman–Crippen LogP) is 3.50. The van der Waals surface area contributed by atoms with Crippen LogP contribution in [-0.2, 0) is 11.4 Å². The van der Waals surface area contributed by atoms with Crippen molar-refractivity contribution in [3.05, 3.63) is 59.7 Å². The van der Waals surface area contributed by atoms with Gasteiger partial charge in [-0.05, 0) is 29.8 Å². The van der Waals surface area contributed by atoms with Gasteiger partial charge in [-0.15, -0.1) is 0 Å². The summed E-state index contributed by atoms with van der Waals surface area (Å²) in [5.74, 6) is -0.978. The van der Waals surface area contributed by atoms with Gasteiger partial charge in [0.25, 0.3) is 0 Å². The fourth-order valence-corrected chi connectivity index (χ4v) is 1.67. The molecule has 0 radical (unpaired) electrons. The Kier molecular flexibility index (Phi) is 4.30. The molecule has 0 aliphatic rings. The van der Waals surface area contributed by atoms with E-state index in [1.165, 1.54) is 37.3 Å². The van der Waals surface area contributed by atoms with Gasteiger partial charge in [0.2, 0.25) is 5.91 Å². The van der Waals surface area contributed by atoms with Crippen molar-refractivity contribution in [3.63, 3.8) is 0 Å². The summed E-state index contributed by atoms with van der Waals surface area (Å²) in [6.45, 7) is 1.44. The van der Waals surface area contributed by atoms with Crippen molar-refractivity contribution in [2.75, 3.05) is 5.32 Å². The summed E-state index contributed by atoms with van der Waals surface area (Å²) >= 11 is 0. The van der Waals surface area contributed by atoms with Crippen molar-refractivity contribution in [1.29, 1.82) is 0 Å². The van der Waals surface area contributed by atoms with E-state index in [1.54, 1.807) is 12.1 Å². The molecule has 5 heteroatoms. The summed E-state index contributed by atoms with van der Waals surface area (Å²) in [6, 6.07) is 10.1. The fourth-order valence-electron chi connectivity index (χ4n) is 1.67. The summed E-state index contributed by atoms with van der Waals surface area (Å²) in [4.78, 5) is 10.8. The molecule has 104 valence electrons. The zero-order chi connectivity index (χ0) is 14.5. The standard InChI is InChI=1S/C15H13F2NO2/c1-10(19)18-15-6-5-13(8-14(15)17)20-9-11-3-2-4-12(16)7-11/h2-8H,9H2,1H3,(H,18,19). The number of rotatable bonds is 4. The number of amides is 1. The van der Waals surface area contributed by atoms with Crippen molar-refractivity contribution in [3.8, 4) is 5.75 Å². The molecular formula is C15H13F2NO2. The molecule has 0 saturated carbocycles. The molecular weight excluding hydrogens is 264 g/mol. The summed E-state index contributed by atoms with van der Waals surface area (Å²) < 4.78 is 32.0. The molecule has 0 saturated heterocycles. The molecule has 2 aromatic carbocycles. The molecule has 0 aliphatic carbocycles. The number of benzene rings is 2. The Morgan fingerprint density at radius 1 is 1.20 bits per heavy atom. The average molecular weight is 277 g/mol. The summed E-state index contributed by atoms with van der Waals surface area (Å²) in [7, 11) is 0. The van der Waals surface area contributed by atoms with Crippen LogP contribution in [0.1, 0.15) is 12.5 Å². The fraction of sp³-hybridized carbons (Fsp3) is 0.133. The number of carbonyl (C=O) groups is 1. The highest BCUT2D eigenvalue weighted by Gasteiger charge is 2.06. The van der Waals surface area contributed by atoms with Gasteiger partial charge in [0.1, 0.15) is 24.0 Å². The van der Waals surface area contributed by atoms with E-state index < -0.39 is 5.82 Å². The van der Waals surface area contributed by atoms with E-state index in [-0.39, 0.29) is 24.0 Å². The zero-order valence-electron chi connectivity index (χ0n) is 10.8. The molecule has 0 fully saturated rings. The predicted molar refractivity (Wildman–Crippen MR) is 71.4 cm³/mol. The second kappa shape index (κ2) is 6.14. The number of hydrogen-bond acceptors (Lipinski definition) is 2. The largest absolute Gasteiger partial charge is 0.489 e. The van der Waals surface area contributed by atoms with Crippen molar-refractivity contribution in [2.45, 2.75) is 13.5 Å². The summed E-state index contributed by atoms with van der Waals surface area (Å²) in [5, 5.41) is 2.36. The van der Waals surface area contributed by atoms with Crippen LogP contribution in [-0.4, -0.2) is 5.91 Å². The maximum Gasteiger partial charge on any atom is 0.221 e. The van der Waals surface area contributed by atoms with E-state index in [0.717, 1.165) is 0 Å². The second-order valence-electron chi connectivity index (χ2n) is 4.24. The molecule has 0 aromatic heterocycles. The highest BCUT2D eigenvalue weighted by atomic mass is 19.1. The van der Waals surface area contributed by atoms with Crippen LogP contribution in [0.25, 0.3) is 0 Å². The zero-order valence-corrected chi connectivity index (χ0v) is 10.8. The van der Waals surface area contributed by atoms with Gasteiger partial charge in [0, 0.05) is 13.0 Å². The molecule has 0 aliphatic heterocycles. The van der Waals surface area contributed by atoms with Crippen LogP contribution >= 0.6 is 0 Å². The summed E-state index contributed by atoms with van der Waals surface area (Å²) in [6.07, 6.45) is 0. The van der Waals surface area contributed by atoms with Crippen molar-refractivity contribution in [2.24, 2.45) is 0 Å². The SMILES string of the molecule is CC(=O)Nc1ccc(OCc2cccc(F)c2)cc1F. The van der Waals surface area contributed by atoms with Crippen molar-refractivity contribution >= 4 is 11.6 Å². The van der Waals surface area contributed by atoms with E-state index in [1.807, 2.05) is 0 Å². The Morgan fingerprint density at radius 3 is 2.65 bits per heavy atom. The third-order valence-electron chi connectivity index (χ3n) is 2.55. The first-order valence-electron chi connectivity index (χ1n) is 5.99. The average Bonchev–Trinajstić information content (AvgIpc) is 2.39. The van der Waals surface area contributed by atoms with Gasteiger partial charge in [-0.1, -0.05) is 12.1 Å². The van der Waals surface area contributed by atoms with E-state index in [2.05, 4.69) is 5.32 Å². The second-order valence-corrected chi connectivity index (χ2v) is 4.24. The summed E-state index contributed by atoms with van der Waals surface area (Å²) in [5.41, 5.74) is 0.743. The Labute approximate surface area is 115 Å². The Hall–Kier alpha value is -2.43. The molecule has 20 heavy (non-hydrogen) atoms. The minimum atomic E-state index is -0.586. The first-order chi connectivity index (χ1) is 9.54. The van der Waals surface area contributed by atoms with Crippen LogP contribution in [0.3, 0.4) is 0 Å². The lowest BCUT2D eigenvalue weighted by atomic mass is 10.2. The third kappa shape index (κ3) is 3.78. The molecule has 0 spiro atoms. The number of nitrogens with one attached hydrogen (secondary N) is 1. The number of hydrogen-bond donors (Lipinski definition) is 1. The van der Waals surface area contributed by atoms with Crippen LogP contribution in [0.2, 0.25) is 0 Å². The first-order valence-corrected chi connectivity index (χ1v) is 5.99. The van der Waals surface area contributed by atoms with E-state index >= 15 is 0 Å². The van der Waals surface area contributed by atoms with Gasteiger partial charge < -0.3 is 10.1 Å². The Morgan fingerprint density at radius 2 is 2.00 bits per heavy atom. The minimum Gasteiger partial charge on any atom is -0.489 e. The smallest absolute Gasteiger partial charge is 0.221 e. The lowest BCUT2D eigenvalue weighted by Crippen LogP contribution is -2.07. The lowest BCUT2D eigenvalue weighted by Gasteiger charge is -2.09. The number of anilines is 1. The van der Waals surface area contributed by atoms with Crippen LogP contribution in [0.15, 0.2) is 42.5 Å². The van der Waals surface area contributed by atoms with Gasteiger partial charge >= 0.3 is 0 Å². The van der Waals surface area contributed by atoms with Gasteiger partial charge in [-0.2, -0.15) is 0 Å². The van der Waals surface area contributed by atoms with Crippen molar-refractivity contribution < 1.29 is 18.3 Å². The molecule has 3 nitrogen and oxygen atoms in total. The van der Waals surface area contributed by atoms with Crippen LogP contribution in [0, 0.1) is 11.6 Å². The van der Waals surface area contributed by atoms with Gasteiger partial charge in [0.05, 0.1) is 5.69 Å². The maximum absolute atomic E-state index is 13.6. The normalized spacial score (nSPS) is 10.2. The number of halogens is 2. The topological polar surface area (TPSA) is 38.3 Å². The number of ether oxygens (including phenoxy) is 1. The highest BCUT2D eigenvalue weighted by Crippen LogP contribution is 2.21. The Balaban J connectivity index is 2.03. The number of carbonyl (C=O) groups excluding carboxylic acids is 1. The molecule has 0 bridgehead atoms. The molecule has 1 N–H and O–H groups in total. The van der Waals surface area contributed by atoms with Gasteiger partial charge in [0.15, 0.2) is 0 Å². The van der Waals surface area contributed by atoms with Crippen LogP contribution in [0.4, 0.5) is 14.5 Å². The molecule has 1 amide bonds. The molecule has 0 atom stereocenters. The van der Waals surface area contributed by atoms with E-state index in [4.69, 9.17) is 4.74 Å². The molecule has 2 aromatic rings. The monoisotopic (exact) mass is 277 g/mol. The van der Waals surface area contributed by atoms with Crippen LogP contribution < -0.4 is 10.1 Å².